The molecule has 0 aromatic heterocycles. The summed E-state index contributed by atoms with van der Waals surface area (Å²) in [4.78, 5) is 25.1. The van der Waals surface area contributed by atoms with Crippen LogP contribution in [0.2, 0.25) is 0 Å². The second-order valence-electron chi connectivity index (χ2n) is 6.85. The van der Waals surface area contributed by atoms with E-state index in [1.54, 1.807) is 12.1 Å². The maximum absolute atomic E-state index is 12.9. The van der Waals surface area contributed by atoms with Gasteiger partial charge in [0.1, 0.15) is 11.5 Å². The topological polar surface area (TPSA) is 104 Å². The fourth-order valence-electron chi connectivity index (χ4n) is 2.79. The van der Waals surface area contributed by atoms with Gasteiger partial charge < -0.3 is 20.1 Å². The van der Waals surface area contributed by atoms with Crippen LogP contribution in [0.1, 0.15) is 35.3 Å². The summed E-state index contributed by atoms with van der Waals surface area (Å²) in [6.45, 7) is 3.88. The molecule has 0 aliphatic heterocycles. The SMILES string of the molecule is COC(=O)[C@@](O)(Cc1ccc(O)c(CC=C(C)C)c1)C(=O)c1ccc(O)cc1. The summed E-state index contributed by atoms with van der Waals surface area (Å²) in [5.41, 5.74) is -0.179. The molecular formula is C22H24O6. The van der Waals surface area contributed by atoms with Crippen LogP contribution < -0.4 is 0 Å². The maximum atomic E-state index is 12.9. The number of phenols is 2. The van der Waals surface area contributed by atoms with Crippen molar-refractivity contribution < 1.29 is 29.6 Å². The molecule has 0 bridgehead atoms. The molecule has 0 saturated heterocycles. The van der Waals surface area contributed by atoms with Gasteiger partial charge in [-0.25, -0.2) is 4.79 Å². The van der Waals surface area contributed by atoms with E-state index in [4.69, 9.17) is 0 Å². The molecule has 28 heavy (non-hydrogen) atoms. The number of ether oxygens (including phenoxy) is 1. The third-order valence-electron chi connectivity index (χ3n) is 4.36. The van der Waals surface area contributed by atoms with Crippen molar-refractivity contribution in [3.8, 4) is 11.5 Å². The van der Waals surface area contributed by atoms with Crippen LogP contribution in [-0.4, -0.2) is 39.8 Å². The summed E-state index contributed by atoms with van der Waals surface area (Å²) < 4.78 is 4.67. The molecular weight excluding hydrogens is 360 g/mol. The summed E-state index contributed by atoms with van der Waals surface area (Å²) in [5, 5.41) is 30.4. The lowest BCUT2D eigenvalue weighted by Crippen LogP contribution is -2.49. The smallest absolute Gasteiger partial charge is 0.346 e. The number of hydrogen-bond donors (Lipinski definition) is 3. The Hall–Kier alpha value is -3.12. The van der Waals surface area contributed by atoms with Crippen molar-refractivity contribution in [2.75, 3.05) is 7.11 Å². The van der Waals surface area contributed by atoms with Crippen LogP contribution in [-0.2, 0) is 22.4 Å². The van der Waals surface area contributed by atoms with E-state index in [1.807, 2.05) is 19.9 Å². The van der Waals surface area contributed by atoms with Crippen molar-refractivity contribution in [3.05, 3.63) is 70.8 Å². The second-order valence-corrected chi connectivity index (χ2v) is 6.85. The fourth-order valence-corrected chi connectivity index (χ4v) is 2.79. The number of phenolic OH excluding ortho intramolecular Hbond substituents is 2. The highest BCUT2D eigenvalue weighted by Gasteiger charge is 2.45. The van der Waals surface area contributed by atoms with Gasteiger partial charge in [0, 0.05) is 12.0 Å². The molecule has 0 aliphatic carbocycles. The van der Waals surface area contributed by atoms with E-state index in [-0.39, 0.29) is 23.5 Å². The predicted octanol–water partition coefficient (Wildman–Crippen LogP) is 2.94. The number of allylic oxidation sites excluding steroid dienone is 2. The van der Waals surface area contributed by atoms with Crippen molar-refractivity contribution in [3.63, 3.8) is 0 Å². The average Bonchev–Trinajstić information content (AvgIpc) is 2.67. The van der Waals surface area contributed by atoms with Gasteiger partial charge in [-0.3, -0.25) is 4.79 Å². The van der Waals surface area contributed by atoms with Crippen LogP contribution >= 0.6 is 0 Å². The minimum absolute atomic E-state index is 0.0411. The number of hydrogen-bond acceptors (Lipinski definition) is 6. The molecule has 0 unspecified atom stereocenters. The summed E-state index contributed by atoms with van der Waals surface area (Å²) in [6, 6.07) is 9.88. The molecule has 2 aromatic rings. The number of Topliss-reactive ketones (excluding diaryl/α,β-unsaturated/α-hetero) is 1. The highest BCUT2D eigenvalue weighted by Crippen LogP contribution is 2.26. The molecule has 6 heteroatoms. The normalized spacial score (nSPS) is 12.7. The van der Waals surface area contributed by atoms with Gasteiger partial charge in [0.25, 0.3) is 0 Å². The van der Waals surface area contributed by atoms with E-state index >= 15 is 0 Å². The first kappa shape index (κ1) is 21.2. The molecule has 1 atom stereocenters. The molecule has 3 N–H and O–H groups in total. The average molecular weight is 384 g/mol. The Balaban J connectivity index is 2.40. The molecule has 0 amide bonds. The van der Waals surface area contributed by atoms with Crippen LogP contribution in [0.5, 0.6) is 11.5 Å². The lowest BCUT2D eigenvalue weighted by molar-refractivity contribution is -0.157. The molecule has 0 saturated carbocycles. The minimum Gasteiger partial charge on any atom is -0.508 e. The van der Waals surface area contributed by atoms with Gasteiger partial charge in [-0.05, 0) is 61.7 Å². The van der Waals surface area contributed by atoms with Gasteiger partial charge in [-0.15, -0.1) is 0 Å². The highest BCUT2D eigenvalue weighted by molar-refractivity contribution is 6.15. The third-order valence-corrected chi connectivity index (χ3v) is 4.36. The molecule has 0 aliphatic rings. The number of rotatable bonds is 7. The zero-order valence-electron chi connectivity index (χ0n) is 16.1. The summed E-state index contributed by atoms with van der Waals surface area (Å²) in [5.74, 6) is -1.86. The maximum Gasteiger partial charge on any atom is 0.346 e. The van der Waals surface area contributed by atoms with Gasteiger partial charge in [0.05, 0.1) is 7.11 Å². The van der Waals surface area contributed by atoms with E-state index < -0.39 is 17.4 Å². The molecule has 2 rings (SSSR count). The molecule has 6 nitrogen and oxygen atoms in total. The van der Waals surface area contributed by atoms with E-state index in [9.17, 15) is 24.9 Å². The van der Waals surface area contributed by atoms with Crippen LogP contribution in [0.4, 0.5) is 0 Å². The Labute approximate surface area is 163 Å². The van der Waals surface area contributed by atoms with Gasteiger partial charge in [0.2, 0.25) is 11.4 Å². The molecule has 0 radical (unpaired) electrons. The number of methoxy groups -OCH3 is 1. The quantitative estimate of drug-likeness (QED) is 0.293. The fraction of sp³-hybridized carbons (Fsp3) is 0.273. The lowest BCUT2D eigenvalue weighted by Gasteiger charge is -2.24. The van der Waals surface area contributed by atoms with E-state index in [0.717, 1.165) is 12.7 Å². The summed E-state index contributed by atoms with van der Waals surface area (Å²) in [6.07, 6.45) is 2.10. The predicted molar refractivity (Wildman–Crippen MR) is 104 cm³/mol. The zero-order valence-corrected chi connectivity index (χ0v) is 16.1. The lowest BCUT2D eigenvalue weighted by atomic mass is 9.86. The monoisotopic (exact) mass is 384 g/mol. The van der Waals surface area contributed by atoms with Crippen molar-refractivity contribution in [2.24, 2.45) is 0 Å². The first-order valence-electron chi connectivity index (χ1n) is 8.76. The van der Waals surface area contributed by atoms with Crippen molar-refractivity contribution in [1.29, 1.82) is 0 Å². The summed E-state index contributed by atoms with van der Waals surface area (Å²) in [7, 11) is 1.09. The molecule has 0 spiro atoms. The van der Waals surface area contributed by atoms with Crippen molar-refractivity contribution in [2.45, 2.75) is 32.3 Å². The molecule has 148 valence electrons. The molecule has 2 aromatic carbocycles. The van der Waals surface area contributed by atoms with Crippen LogP contribution in [0.25, 0.3) is 0 Å². The Morgan fingerprint density at radius 2 is 1.71 bits per heavy atom. The number of aliphatic hydroxyl groups is 1. The zero-order chi connectivity index (χ0) is 20.9. The third kappa shape index (κ3) is 4.78. The standard InChI is InChI=1S/C22H24O6/c1-14(2)4-6-17-12-15(5-11-19(17)24)13-22(27,21(26)28-3)20(25)16-7-9-18(23)10-8-16/h4-5,7-12,23-24,27H,6,13H2,1-3H3/t22-/m1/s1. The first-order chi connectivity index (χ1) is 13.2. The Kier molecular flexibility index (Phi) is 6.59. The van der Waals surface area contributed by atoms with Gasteiger partial charge in [-0.2, -0.15) is 0 Å². The largest absolute Gasteiger partial charge is 0.508 e. The van der Waals surface area contributed by atoms with E-state index in [2.05, 4.69) is 4.74 Å². The molecule has 0 fully saturated rings. The number of carbonyl (C=O) groups is 2. The number of aromatic hydroxyl groups is 2. The second kappa shape index (κ2) is 8.71. The first-order valence-corrected chi connectivity index (χ1v) is 8.76. The van der Waals surface area contributed by atoms with Crippen LogP contribution in [0, 0.1) is 0 Å². The Morgan fingerprint density at radius 1 is 1.07 bits per heavy atom. The van der Waals surface area contributed by atoms with Crippen LogP contribution in [0.3, 0.4) is 0 Å². The number of ketones is 1. The summed E-state index contributed by atoms with van der Waals surface area (Å²) >= 11 is 0. The molecule has 0 heterocycles. The number of esters is 1. The van der Waals surface area contributed by atoms with E-state index in [0.29, 0.717) is 17.5 Å². The van der Waals surface area contributed by atoms with Gasteiger partial charge >= 0.3 is 5.97 Å². The highest BCUT2D eigenvalue weighted by atomic mass is 16.5. The number of benzene rings is 2. The van der Waals surface area contributed by atoms with Crippen LogP contribution in [0.15, 0.2) is 54.1 Å². The Bertz CT molecular complexity index is 894. The van der Waals surface area contributed by atoms with Crippen molar-refractivity contribution >= 4 is 11.8 Å². The van der Waals surface area contributed by atoms with Gasteiger partial charge in [0.15, 0.2) is 0 Å². The minimum atomic E-state index is -2.43. The van der Waals surface area contributed by atoms with E-state index in [1.165, 1.54) is 30.3 Å². The van der Waals surface area contributed by atoms with Gasteiger partial charge in [-0.1, -0.05) is 23.8 Å². The van der Waals surface area contributed by atoms with Crippen molar-refractivity contribution in [1.82, 2.24) is 0 Å². The number of carbonyl (C=O) groups excluding carboxylic acids is 2. The Morgan fingerprint density at radius 3 is 2.29 bits per heavy atom.